The maximum atomic E-state index is 12.2. The van der Waals surface area contributed by atoms with Gasteiger partial charge in [0, 0.05) is 0 Å². The van der Waals surface area contributed by atoms with Crippen LogP contribution < -0.4 is 10.6 Å². The van der Waals surface area contributed by atoms with Crippen molar-refractivity contribution in [2.75, 3.05) is 6.54 Å². The number of amides is 1. The molecule has 1 aromatic rings. The zero-order valence-electron chi connectivity index (χ0n) is 10.3. The summed E-state index contributed by atoms with van der Waals surface area (Å²) in [6.45, 7) is 3.52. The van der Waals surface area contributed by atoms with Crippen molar-refractivity contribution >= 4 is 5.91 Å². The van der Waals surface area contributed by atoms with Gasteiger partial charge in [0.15, 0.2) is 0 Å². The molecule has 1 fully saturated rings. The van der Waals surface area contributed by atoms with Crippen LogP contribution in [0, 0.1) is 0 Å². The van der Waals surface area contributed by atoms with Gasteiger partial charge in [-0.3, -0.25) is 4.79 Å². The Balaban J connectivity index is 1.92. The lowest BCUT2D eigenvalue weighted by atomic mass is 9.91. The monoisotopic (exact) mass is 236 g/mol. The van der Waals surface area contributed by atoms with Crippen LogP contribution >= 0.6 is 0 Å². The lowest BCUT2D eigenvalue weighted by Crippen LogP contribution is -2.53. The Morgan fingerprint density at radius 1 is 1.65 bits per heavy atom. The summed E-state index contributed by atoms with van der Waals surface area (Å²) < 4.78 is 5.20. The van der Waals surface area contributed by atoms with Crippen molar-refractivity contribution in [2.45, 2.75) is 44.7 Å². The maximum Gasteiger partial charge on any atom is 0.240 e. The van der Waals surface area contributed by atoms with Gasteiger partial charge in [-0.05, 0) is 37.9 Å². The third kappa shape index (κ3) is 2.69. The molecule has 1 unspecified atom stereocenters. The second kappa shape index (κ2) is 5.36. The molecule has 1 aliphatic rings. The minimum atomic E-state index is -0.346. The third-order valence-electron chi connectivity index (χ3n) is 3.36. The fraction of sp³-hybridized carbons (Fsp3) is 0.615. The standard InChI is InChI=1S/C13H20N2O2/c1-2-6-13(7-4-8-15-13)12(16)14-10-11-5-3-9-17-11/h3,5,9,15H,2,4,6-8,10H2,1H3,(H,14,16). The molecule has 0 bridgehead atoms. The van der Waals surface area contributed by atoms with Crippen LogP contribution in [0.5, 0.6) is 0 Å². The second-order valence-corrected chi connectivity index (χ2v) is 4.62. The predicted molar refractivity (Wildman–Crippen MR) is 65.4 cm³/mol. The molecule has 94 valence electrons. The van der Waals surface area contributed by atoms with E-state index >= 15 is 0 Å². The van der Waals surface area contributed by atoms with Gasteiger partial charge in [0.05, 0.1) is 18.3 Å². The van der Waals surface area contributed by atoms with E-state index in [-0.39, 0.29) is 11.4 Å². The van der Waals surface area contributed by atoms with Crippen LogP contribution in [0.15, 0.2) is 22.8 Å². The van der Waals surface area contributed by atoms with Crippen molar-refractivity contribution in [3.05, 3.63) is 24.2 Å². The molecule has 0 aromatic carbocycles. The third-order valence-corrected chi connectivity index (χ3v) is 3.36. The van der Waals surface area contributed by atoms with E-state index in [0.29, 0.717) is 6.54 Å². The lowest BCUT2D eigenvalue weighted by Gasteiger charge is -2.27. The molecule has 2 rings (SSSR count). The van der Waals surface area contributed by atoms with Gasteiger partial charge in [0.25, 0.3) is 0 Å². The van der Waals surface area contributed by atoms with E-state index in [1.807, 2.05) is 12.1 Å². The summed E-state index contributed by atoms with van der Waals surface area (Å²) in [4.78, 5) is 12.2. The van der Waals surface area contributed by atoms with Crippen molar-refractivity contribution in [3.63, 3.8) is 0 Å². The SMILES string of the molecule is CCCC1(C(=O)NCc2ccco2)CCCN1. The first-order valence-corrected chi connectivity index (χ1v) is 6.32. The van der Waals surface area contributed by atoms with Gasteiger partial charge in [-0.1, -0.05) is 13.3 Å². The summed E-state index contributed by atoms with van der Waals surface area (Å²) >= 11 is 0. The molecule has 0 spiro atoms. The van der Waals surface area contributed by atoms with E-state index in [1.165, 1.54) is 0 Å². The summed E-state index contributed by atoms with van der Waals surface area (Å²) in [7, 11) is 0. The molecule has 4 heteroatoms. The normalized spacial score (nSPS) is 23.8. The van der Waals surface area contributed by atoms with Crippen molar-refractivity contribution in [3.8, 4) is 0 Å². The van der Waals surface area contributed by atoms with E-state index in [2.05, 4.69) is 17.6 Å². The predicted octanol–water partition coefficient (Wildman–Crippen LogP) is 1.82. The van der Waals surface area contributed by atoms with Gasteiger partial charge in [-0.25, -0.2) is 0 Å². The van der Waals surface area contributed by atoms with Crippen molar-refractivity contribution < 1.29 is 9.21 Å². The maximum absolute atomic E-state index is 12.2. The molecule has 1 aromatic heterocycles. The van der Waals surface area contributed by atoms with Crippen LogP contribution in [0.4, 0.5) is 0 Å². The summed E-state index contributed by atoms with van der Waals surface area (Å²) in [5.74, 6) is 0.899. The first kappa shape index (κ1) is 12.2. The minimum absolute atomic E-state index is 0.105. The van der Waals surface area contributed by atoms with Crippen molar-refractivity contribution in [2.24, 2.45) is 0 Å². The van der Waals surface area contributed by atoms with Gasteiger partial charge in [0.1, 0.15) is 5.76 Å². The number of carbonyl (C=O) groups excluding carboxylic acids is 1. The Labute approximate surface area is 102 Å². The molecule has 0 radical (unpaired) electrons. The zero-order chi connectivity index (χ0) is 12.1. The van der Waals surface area contributed by atoms with Gasteiger partial charge in [-0.2, -0.15) is 0 Å². The van der Waals surface area contributed by atoms with Crippen LogP contribution in [0.2, 0.25) is 0 Å². The van der Waals surface area contributed by atoms with Crippen molar-refractivity contribution in [1.29, 1.82) is 0 Å². The minimum Gasteiger partial charge on any atom is -0.467 e. The van der Waals surface area contributed by atoms with Gasteiger partial charge in [-0.15, -0.1) is 0 Å². The van der Waals surface area contributed by atoms with Crippen LogP contribution in [0.1, 0.15) is 38.4 Å². The van der Waals surface area contributed by atoms with E-state index < -0.39 is 0 Å². The van der Waals surface area contributed by atoms with Crippen LogP contribution in [-0.2, 0) is 11.3 Å². The molecule has 2 heterocycles. The van der Waals surface area contributed by atoms with E-state index in [0.717, 1.165) is 38.0 Å². The Kier molecular flexibility index (Phi) is 3.84. The molecule has 1 atom stereocenters. The topological polar surface area (TPSA) is 54.3 Å². The lowest BCUT2D eigenvalue weighted by molar-refractivity contribution is -0.127. The number of carbonyl (C=O) groups is 1. The molecule has 1 aliphatic heterocycles. The molecular weight excluding hydrogens is 216 g/mol. The highest BCUT2D eigenvalue weighted by Crippen LogP contribution is 2.25. The zero-order valence-corrected chi connectivity index (χ0v) is 10.3. The number of furan rings is 1. The second-order valence-electron chi connectivity index (χ2n) is 4.62. The Morgan fingerprint density at radius 2 is 2.53 bits per heavy atom. The Bertz CT molecular complexity index is 354. The molecule has 2 N–H and O–H groups in total. The highest BCUT2D eigenvalue weighted by Gasteiger charge is 2.39. The average molecular weight is 236 g/mol. The highest BCUT2D eigenvalue weighted by molar-refractivity contribution is 5.86. The Hall–Kier alpha value is -1.29. The van der Waals surface area contributed by atoms with Gasteiger partial charge < -0.3 is 15.1 Å². The van der Waals surface area contributed by atoms with E-state index in [4.69, 9.17) is 4.42 Å². The number of hydrogen-bond acceptors (Lipinski definition) is 3. The van der Waals surface area contributed by atoms with Crippen LogP contribution in [0.3, 0.4) is 0 Å². The fourth-order valence-corrected chi connectivity index (χ4v) is 2.50. The summed E-state index contributed by atoms with van der Waals surface area (Å²) in [6, 6.07) is 3.70. The van der Waals surface area contributed by atoms with E-state index in [9.17, 15) is 4.79 Å². The average Bonchev–Trinajstić information content (AvgIpc) is 2.97. The fourth-order valence-electron chi connectivity index (χ4n) is 2.50. The molecule has 17 heavy (non-hydrogen) atoms. The summed E-state index contributed by atoms with van der Waals surface area (Å²) in [5, 5.41) is 6.32. The van der Waals surface area contributed by atoms with Crippen LogP contribution in [-0.4, -0.2) is 18.0 Å². The first-order chi connectivity index (χ1) is 8.27. The Morgan fingerprint density at radius 3 is 3.12 bits per heavy atom. The quantitative estimate of drug-likeness (QED) is 0.820. The molecule has 4 nitrogen and oxygen atoms in total. The number of nitrogens with one attached hydrogen (secondary N) is 2. The van der Waals surface area contributed by atoms with Crippen LogP contribution in [0.25, 0.3) is 0 Å². The van der Waals surface area contributed by atoms with E-state index in [1.54, 1.807) is 6.26 Å². The largest absolute Gasteiger partial charge is 0.467 e. The molecule has 0 saturated carbocycles. The number of rotatable bonds is 5. The van der Waals surface area contributed by atoms with Gasteiger partial charge >= 0.3 is 0 Å². The molecule has 1 saturated heterocycles. The highest BCUT2D eigenvalue weighted by atomic mass is 16.3. The smallest absolute Gasteiger partial charge is 0.240 e. The molecule has 0 aliphatic carbocycles. The summed E-state index contributed by atoms with van der Waals surface area (Å²) in [5.41, 5.74) is -0.346. The first-order valence-electron chi connectivity index (χ1n) is 6.32. The van der Waals surface area contributed by atoms with Gasteiger partial charge in [0.2, 0.25) is 5.91 Å². The molecule has 1 amide bonds. The molecular formula is C13H20N2O2. The number of hydrogen-bond donors (Lipinski definition) is 2. The van der Waals surface area contributed by atoms with Crippen molar-refractivity contribution in [1.82, 2.24) is 10.6 Å². The summed E-state index contributed by atoms with van der Waals surface area (Å²) in [6.07, 6.45) is 5.55.